The molecule has 1 unspecified atom stereocenters. The molecule has 0 amide bonds. The third kappa shape index (κ3) is 5.33. The van der Waals surface area contributed by atoms with E-state index in [1.807, 2.05) is 20.8 Å². The molecular weight excluding hydrogens is 518 g/mol. The van der Waals surface area contributed by atoms with Crippen molar-refractivity contribution in [2.45, 2.75) is 45.4 Å². The molecule has 206 valence electrons. The molecule has 3 rings (SSSR count). The third-order valence-electron chi connectivity index (χ3n) is 8.00. The molecule has 0 bridgehead atoms. The van der Waals surface area contributed by atoms with Crippen molar-refractivity contribution in [3.05, 3.63) is 83.5 Å². The first-order chi connectivity index (χ1) is 17.7. The first kappa shape index (κ1) is 29.7. The molecule has 2 aromatic carbocycles. The van der Waals surface area contributed by atoms with Gasteiger partial charge < -0.3 is 0 Å². The second-order valence-corrected chi connectivity index (χ2v) is 12.2. The highest BCUT2D eigenvalue weighted by Crippen LogP contribution is 2.58. The average Bonchev–Trinajstić information content (AvgIpc) is 3.05. The van der Waals surface area contributed by atoms with Gasteiger partial charge in [-0.3, -0.25) is 0 Å². The van der Waals surface area contributed by atoms with E-state index in [1.165, 1.54) is 19.2 Å². The van der Waals surface area contributed by atoms with Crippen molar-refractivity contribution in [1.82, 2.24) is 4.31 Å². The Balaban J connectivity index is 1.95. The van der Waals surface area contributed by atoms with Crippen molar-refractivity contribution >= 4 is 15.7 Å². The van der Waals surface area contributed by atoms with Crippen molar-refractivity contribution in [2.24, 2.45) is 27.0 Å². The summed E-state index contributed by atoms with van der Waals surface area (Å²) in [7, 11) is -3.07. The van der Waals surface area contributed by atoms with Gasteiger partial charge in [-0.25, -0.2) is 26.0 Å². The SMILES string of the molecule is C=C(/C=C(\N=NC)c1c(F)cccc1F)[C@@H]1CCC(C)(CN(CC)S(=O)(=O)c2c(F)cccc2F)C1(C)C. The molecule has 1 saturated carbocycles. The molecule has 0 heterocycles. The van der Waals surface area contributed by atoms with Crippen LogP contribution in [0.4, 0.5) is 17.6 Å². The largest absolute Gasteiger partial charge is 0.248 e. The van der Waals surface area contributed by atoms with E-state index in [1.54, 1.807) is 6.92 Å². The van der Waals surface area contributed by atoms with Crippen LogP contribution in [0, 0.1) is 40.0 Å². The first-order valence-electron chi connectivity index (χ1n) is 12.3. The molecule has 2 aromatic rings. The average molecular weight is 552 g/mol. The van der Waals surface area contributed by atoms with Crippen LogP contribution in [0.3, 0.4) is 0 Å². The van der Waals surface area contributed by atoms with E-state index in [0.717, 1.165) is 34.6 Å². The van der Waals surface area contributed by atoms with Crippen LogP contribution in [-0.2, 0) is 10.0 Å². The van der Waals surface area contributed by atoms with Crippen molar-refractivity contribution < 1.29 is 26.0 Å². The number of azo groups is 1. The lowest BCUT2D eigenvalue weighted by Crippen LogP contribution is -2.46. The second kappa shape index (κ2) is 11.1. The van der Waals surface area contributed by atoms with Crippen LogP contribution in [-0.4, -0.2) is 32.9 Å². The number of rotatable bonds is 9. The van der Waals surface area contributed by atoms with Crippen molar-refractivity contribution in [3.63, 3.8) is 0 Å². The van der Waals surface area contributed by atoms with Gasteiger partial charge in [0, 0.05) is 20.1 Å². The molecule has 1 aliphatic carbocycles. The van der Waals surface area contributed by atoms with Crippen LogP contribution in [0.1, 0.15) is 46.1 Å². The van der Waals surface area contributed by atoms with Gasteiger partial charge in [-0.2, -0.15) is 14.5 Å². The molecule has 10 heteroatoms. The summed E-state index contributed by atoms with van der Waals surface area (Å²) in [6.07, 6.45) is 2.71. The van der Waals surface area contributed by atoms with E-state index in [-0.39, 0.29) is 30.3 Å². The van der Waals surface area contributed by atoms with E-state index in [4.69, 9.17) is 0 Å². The van der Waals surface area contributed by atoms with E-state index >= 15 is 0 Å². The summed E-state index contributed by atoms with van der Waals surface area (Å²) in [6, 6.07) is 6.48. The Morgan fingerprint density at radius 3 is 2.08 bits per heavy atom. The molecule has 1 fully saturated rings. The summed E-state index contributed by atoms with van der Waals surface area (Å²) in [5.41, 5.74) is -0.929. The maximum Gasteiger partial charge on any atom is 0.248 e. The van der Waals surface area contributed by atoms with Crippen LogP contribution in [0.2, 0.25) is 0 Å². The summed E-state index contributed by atoms with van der Waals surface area (Å²) in [5, 5.41) is 7.65. The molecule has 1 aliphatic rings. The van der Waals surface area contributed by atoms with Gasteiger partial charge in [0.05, 0.1) is 11.3 Å². The molecule has 0 aliphatic heterocycles. The van der Waals surface area contributed by atoms with E-state index in [9.17, 15) is 26.0 Å². The van der Waals surface area contributed by atoms with Gasteiger partial charge >= 0.3 is 0 Å². The maximum absolute atomic E-state index is 14.5. The van der Waals surface area contributed by atoms with Gasteiger partial charge in [-0.1, -0.05) is 46.4 Å². The molecule has 2 atom stereocenters. The van der Waals surface area contributed by atoms with Crippen molar-refractivity contribution in [1.29, 1.82) is 0 Å². The lowest BCUT2D eigenvalue weighted by molar-refractivity contribution is 0.0802. The maximum atomic E-state index is 14.5. The predicted octanol–water partition coefficient (Wildman–Crippen LogP) is 7.38. The fourth-order valence-electron chi connectivity index (χ4n) is 5.39. The molecule has 5 nitrogen and oxygen atoms in total. The Morgan fingerprint density at radius 2 is 1.58 bits per heavy atom. The summed E-state index contributed by atoms with van der Waals surface area (Å²) < 4.78 is 85.6. The standard InChI is InChI=1S/C28H33F4N3O2S/c1-7-35(38(36,37)26-22(31)12-9-13-23(26)32)17-28(5)15-14-19(27(28,3)4)18(2)16-24(34-33-6)25-20(29)10-8-11-21(25)30/h8-13,16,19H,2,7,14-15,17H2,1,3-6H3/b24-16-,34-33?/t19-,28?/m0/s1. The van der Waals surface area contributed by atoms with Gasteiger partial charge in [0.1, 0.15) is 23.3 Å². The van der Waals surface area contributed by atoms with Crippen LogP contribution < -0.4 is 0 Å². The Labute approximate surface area is 222 Å². The monoisotopic (exact) mass is 551 g/mol. The highest BCUT2D eigenvalue weighted by molar-refractivity contribution is 7.89. The van der Waals surface area contributed by atoms with Gasteiger partial charge in [0.2, 0.25) is 10.0 Å². The fraction of sp³-hybridized carbons (Fsp3) is 0.429. The predicted molar refractivity (Wildman–Crippen MR) is 140 cm³/mol. The highest BCUT2D eigenvalue weighted by Gasteiger charge is 2.53. The Bertz CT molecular complexity index is 1350. The molecule has 0 spiro atoms. The second-order valence-electron chi connectivity index (χ2n) is 10.4. The molecule has 0 radical (unpaired) electrons. The lowest BCUT2D eigenvalue weighted by Gasteiger charge is -2.44. The fourth-order valence-corrected chi connectivity index (χ4v) is 7.07. The van der Waals surface area contributed by atoms with E-state index in [0.29, 0.717) is 18.4 Å². The lowest BCUT2D eigenvalue weighted by atomic mass is 9.64. The van der Waals surface area contributed by atoms with Gasteiger partial charge in [0.25, 0.3) is 0 Å². The zero-order valence-electron chi connectivity index (χ0n) is 22.2. The Morgan fingerprint density at radius 1 is 1.05 bits per heavy atom. The van der Waals surface area contributed by atoms with Gasteiger partial charge in [0.15, 0.2) is 4.90 Å². The Kier molecular flexibility index (Phi) is 8.67. The summed E-state index contributed by atoms with van der Waals surface area (Å²) >= 11 is 0. The summed E-state index contributed by atoms with van der Waals surface area (Å²) in [4.78, 5) is -0.966. The summed E-state index contributed by atoms with van der Waals surface area (Å²) in [6.45, 7) is 11.7. The molecule has 0 aromatic heterocycles. The van der Waals surface area contributed by atoms with E-state index in [2.05, 4.69) is 16.8 Å². The highest BCUT2D eigenvalue weighted by atomic mass is 32.2. The number of sulfonamides is 1. The van der Waals surface area contributed by atoms with Gasteiger partial charge in [-0.15, -0.1) is 0 Å². The Hall–Kier alpha value is -2.85. The molecule has 38 heavy (non-hydrogen) atoms. The normalized spacial score (nSPS) is 21.9. The van der Waals surface area contributed by atoms with Crippen LogP contribution in [0.15, 0.2) is 69.8 Å². The van der Waals surface area contributed by atoms with Crippen LogP contribution >= 0.6 is 0 Å². The molecule has 0 N–H and O–H groups in total. The first-order valence-corrected chi connectivity index (χ1v) is 13.7. The van der Waals surface area contributed by atoms with E-state index < -0.39 is 49.0 Å². The number of allylic oxidation sites excluding steroid dienone is 2. The molecular formula is C28H33F4N3O2S. The van der Waals surface area contributed by atoms with Crippen LogP contribution in [0.25, 0.3) is 5.70 Å². The molecule has 0 saturated heterocycles. The number of benzene rings is 2. The number of nitrogens with zero attached hydrogens (tertiary/aromatic N) is 3. The smallest absolute Gasteiger partial charge is 0.207 e. The minimum absolute atomic E-state index is 0.00899. The van der Waals surface area contributed by atoms with Crippen molar-refractivity contribution in [3.8, 4) is 0 Å². The number of halogens is 4. The van der Waals surface area contributed by atoms with Gasteiger partial charge in [-0.05, 0) is 65.5 Å². The van der Waals surface area contributed by atoms with Crippen LogP contribution in [0.5, 0.6) is 0 Å². The van der Waals surface area contributed by atoms with Crippen molar-refractivity contribution in [2.75, 3.05) is 20.1 Å². The number of hydrogen-bond acceptors (Lipinski definition) is 4. The topological polar surface area (TPSA) is 62.1 Å². The zero-order chi connectivity index (χ0) is 28.5. The third-order valence-corrected chi connectivity index (χ3v) is 9.98. The zero-order valence-corrected chi connectivity index (χ0v) is 23.0. The number of hydrogen-bond donors (Lipinski definition) is 0. The minimum Gasteiger partial charge on any atom is -0.207 e. The summed E-state index contributed by atoms with van der Waals surface area (Å²) in [5.74, 6) is -4.05. The minimum atomic E-state index is -4.46. The quantitative estimate of drug-likeness (QED) is 0.186.